The number of nitriles is 1. The maximum absolute atomic E-state index is 13.4. The number of benzene rings is 1. The van der Waals surface area contributed by atoms with Crippen LogP contribution in [0.5, 0.6) is 0 Å². The van der Waals surface area contributed by atoms with Gasteiger partial charge in [0, 0.05) is 20.6 Å². The molecule has 1 N–H and O–H groups in total. The van der Waals surface area contributed by atoms with Gasteiger partial charge in [0.15, 0.2) is 0 Å². The molecule has 0 radical (unpaired) electrons. The Kier molecular flexibility index (Phi) is 4.64. The van der Waals surface area contributed by atoms with Gasteiger partial charge in [-0.3, -0.25) is 0 Å². The Bertz CT molecular complexity index is 564. The Morgan fingerprint density at radius 1 is 1.44 bits per heavy atom. The Balaban J connectivity index is 2.63. The van der Waals surface area contributed by atoms with Gasteiger partial charge in [0.25, 0.3) is 0 Å². The molecule has 0 aliphatic heterocycles. The van der Waals surface area contributed by atoms with Crippen LogP contribution in [0.2, 0.25) is 0 Å². The molecule has 5 nitrogen and oxygen atoms in total. The van der Waals surface area contributed by atoms with Crippen molar-refractivity contribution in [3.63, 3.8) is 0 Å². The molecule has 98 valence electrons. The van der Waals surface area contributed by atoms with Gasteiger partial charge in [0.05, 0.1) is 23.1 Å². The number of nitrogens with one attached hydrogen (secondary N) is 1. The molecule has 1 aromatic rings. The number of hydrogen-bond donors (Lipinski definition) is 1. The van der Waals surface area contributed by atoms with E-state index >= 15 is 0 Å². The van der Waals surface area contributed by atoms with E-state index < -0.39 is 15.8 Å². The molecule has 0 saturated heterocycles. The zero-order valence-corrected chi connectivity index (χ0v) is 11.0. The number of halogens is 1. The molecule has 0 saturated carbocycles. The summed E-state index contributed by atoms with van der Waals surface area (Å²) in [5, 5.41) is 11.3. The summed E-state index contributed by atoms with van der Waals surface area (Å²) in [5.74, 6) is -0.698. The van der Waals surface area contributed by atoms with Crippen molar-refractivity contribution < 1.29 is 12.8 Å². The Hall–Kier alpha value is -1.65. The lowest BCUT2D eigenvalue weighted by molar-refractivity contribution is 0.521. The Labute approximate surface area is 106 Å². The molecule has 18 heavy (non-hydrogen) atoms. The number of rotatable bonds is 5. The minimum atomic E-state index is -3.30. The van der Waals surface area contributed by atoms with Crippen molar-refractivity contribution >= 4 is 15.7 Å². The van der Waals surface area contributed by atoms with Gasteiger partial charge in [-0.2, -0.15) is 5.26 Å². The van der Waals surface area contributed by atoms with Gasteiger partial charge < -0.3 is 5.32 Å². The van der Waals surface area contributed by atoms with Gasteiger partial charge in [-0.15, -0.1) is 0 Å². The van der Waals surface area contributed by atoms with Gasteiger partial charge in [-0.05, 0) is 18.2 Å². The quantitative estimate of drug-likeness (QED) is 0.867. The second-order valence-corrected chi connectivity index (χ2v) is 6.13. The zero-order chi connectivity index (χ0) is 13.8. The van der Waals surface area contributed by atoms with E-state index in [0.29, 0.717) is 0 Å². The normalized spacial score (nSPS) is 11.3. The van der Waals surface area contributed by atoms with Crippen LogP contribution in [0.15, 0.2) is 18.2 Å². The summed E-state index contributed by atoms with van der Waals surface area (Å²) in [6, 6.07) is 5.80. The average Bonchev–Trinajstić information content (AvgIpc) is 2.30. The fourth-order valence-corrected chi connectivity index (χ4v) is 1.95. The summed E-state index contributed by atoms with van der Waals surface area (Å²) < 4.78 is 37.5. The van der Waals surface area contributed by atoms with E-state index in [1.54, 1.807) is 0 Å². The van der Waals surface area contributed by atoms with Gasteiger partial charge in [0.2, 0.25) is 10.0 Å². The Morgan fingerprint density at radius 3 is 2.61 bits per heavy atom. The summed E-state index contributed by atoms with van der Waals surface area (Å²) in [7, 11) is -0.414. The second kappa shape index (κ2) is 5.80. The predicted octanol–water partition coefficient (Wildman–Crippen LogP) is 1.00. The molecular formula is C11H14FN3O2S. The van der Waals surface area contributed by atoms with E-state index in [2.05, 4.69) is 5.32 Å². The standard InChI is InChI=1S/C11H14FN3O2S/c1-15(2)18(16,17)6-5-14-11-4-3-9(8-13)7-10(11)12/h3-4,7,14H,5-6H2,1-2H3. The number of sulfonamides is 1. The second-order valence-electron chi connectivity index (χ2n) is 3.83. The van der Waals surface area contributed by atoms with Crippen molar-refractivity contribution in [2.24, 2.45) is 0 Å². The average molecular weight is 271 g/mol. The SMILES string of the molecule is CN(C)S(=O)(=O)CCNc1ccc(C#N)cc1F. The first-order valence-corrected chi connectivity index (χ1v) is 6.81. The van der Waals surface area contributed by atoms with Crippen LogP contribution in [0.25, 0.3) is 0 Å². The van der Waals surface area contributed by atoms with E-state index in [9.17, 15) is 12.8 Å². The highest BCUT2D eigenvalue weighted by Crippen LogP contribution is 2.15. The molecule has 0 amide bonds. The first kappa shape index (κ1) is 14.4. The highest BCUT2D eigenvalue weighted by molar-refractivity contribution is 7.89. The third kappa shape index (κ3) is 3.68. The van der Waals surface area contributed by atoms with E-state index in [1.807, 2.05) is 6.07 Å². The summed E-state index contributed by atoms with van der Waals surface area (Å²) in [5.41, 5.74) is 0.405. The molecule has 0 spiro atoms. The summed E-state index contributed by atoms with van der Waals surface area (Å²) in [4.78, 5) is 0. The number of nitrogens with zero attached hydrogens (tertiary/aromatic N) is 2. The largest absolute Gasteiger partial charge is 0.382 e. The van der Waals surface area contributed by atoms with Crippen LogP contribution in [0.3, 0.4) is 0 Å². The molecule has 0 aliphatic rings. The Morgan fingerprint density at radius 2 is 2.11 bits per heavy atom. The molecule has 0 aliphatic carbocycles. The first-order valence-electron chi connectivity index (χ1n) is 5.20. The molecule has 1 aromatic carbocycles. The predicted molar refractivity (Wildman–Crippen MR) is 67.1 cm³/mol. The van der Waals surface area contributed by atoms with Gasteiger partial charge in [-0.25, -0.2) is 17.1 Å². The van der Waals surface area contributed by atoms with Crippen LogP contribution in [0.1, 0.15) is 5.56 Å². The third-order valence-corrected chi connectivity index (χ3v) is 4.16. The van der Waals surface area contributed by atoms with Crippen LogP contribution in [0.4, 0.5) is 10.1 Å². The van der Waals surface area contributed by atoms with E-state index in [1.165, 1.54) is 26.2 Å². The minimum Gasteiger partial charge on any atom is -0.382 e. The molecule has 1 rings (SSSR count). The summed E-state index contributed by atoms with van der Waals surface area (Å²) in [6.45, 7) is 0.101. The molecular weight excluding hydrogens is 257 g/mol. The van der Waals surface area contributed by atoms with Crippen molar-refractivity contribution in [1.29, 1.82) is 5.26 Å². The number of hydrogen-bond acceptors (Lipinski definition) is 4. The van der Waals surface area contributed by atoms with Crippen molar-refractivity contribution in [1.82, 2.24) is 4.31 Å². The fourth-order valence-electron chi connectivity index (χ4n) is 1.23. The van der Waals surface area contributed by atoms with Gasteiger partial charge in [0.1, 0.15) is 5.82 Å². The fraction of sp³-hybridized carbons (Fsp3) is 0.364. The van der Waals surface area contributed by atoms with Gasteiger partial charge in [-0.1, -0.05) is 0 Å². The maximum Gasteiger partial charge on any atom is 0.215 e. The van der Waals surface area contributed by atoms with Crippen LogP contribution in [-0.2, 0) is 10.0 Å². The van der Waals surface area contributed by atoms with Crippen molar-refractivity contribution in [3.05, 3.63) is 29.6 Å². The van der Waals surface area contributed by atoms with Gasteiger partial charge >= 0.3 is 0 Å². The lowest BCUT2D eigenvalue weighted by Crippen LogP contribution is -2.28. The maximum atomic E-state index is 13.4. The van der Waals surface area contributed by atoms with E-state index in [-0.39, 0.29) is 23.5 Å². The molecule has 0 fully saturated rings. The van der Waals surface area contributed by atoms with E-state index in [0.717, 1.165) is 10.4 Å². The van der Waals surface area contributed by atoms with Crippen molar-refractivity contribution in [3.8, 4) is 6.07 Å². The molecule has 0 unspecified atom stereocenters. The van der Waals surface area contributed by atoms with Crippen LogP contribution in [-0.4, -0.2) is 39.1 Å². The number of anilines is 1. The van der Waals surface area contributed by atoms with Crippen molar-refractivity contribution in [2.45, 2.75) is 0 Å². The highest BCUT2D eigenvalue weighted by atomic mass is 32.2. The molecule has 0 atom stereocenters. The topological polar surface area (TPSA) is 73.2 Å². The first-order chi connectivity index (χ1) is 8.36. The highest BCUT2D eigenvalue weighted by Gasteiger charge is 2.13. The molecule has 7 heteroatoms. The monoisotopic (exact) mass is 271 g/mol. The molecule has 0 aromatic heterocycles. The summed E-state index contributed by atoms with van der Waals surface area (Å²) >= 11 is 0. The van der Waals surface area contributed by atoms with Crippen LogP contribution in [0, 0.1) is 17.1 Å². The van der Waals surface area contributed by atoms with Crippen LogP contribution >= 0.6 is 0 Å². The van der Waals surface area contributed by atoms with E-state index in [4.69, 9.17) is 5.26 Å². The molecule has 0 bridgehead atoms. The lowest BCUT2D eigenvalue weighted by Gasteiger charge is -2.12. The van der Waals surface area contributed by atoms with Crippen molar-refractivity contribution in [2.75, 3.05) is 31.7 Å². The minimum absolute atomic E-state index is 0.101. The van der Waals surface area contributed by atoms with Crippen LogP contribution < -0.4 is 5.32 Å². The third-order valence-electron chi connectivity index (χ3n) is 2.33. The smallest absolute Gasteiger partial charge is 0.215 e. The zero-order valence-electron chi connectivity index (χ0n) is 10.1. The molecule has 0 heterocycles. The summed E-state index contributed by atoms with van der Waals surface area (Å²) in [6.07, 6.45) is 0. The lowest BCUT2D eigenvalue weighted by atomic mass is 10.2.